The highest BCUT2D eigenvalue weighted by Gasteiger charge is 2.36. The molecule has 2 heterocycles. The van der Waals surface area contributed by atoms with Crippen molar-refractivity contribution < 1.29 is 13.9 Å². The number of ether oxygens (including phenoxy) is 1. The molecule has 1 amide bonds. The molecule has 2 atom stereocenters. The van der Waals surface area contributed by atoms with E-state index in [1.807, 2.05) is 18.2 Å². The third kappa shape index (κ3) is 2.78. The number of likely N-dealkylation sites (N-methyl/N-ethyl adjacent to an activating group) is 1. The van der Waals surface area contributed by atoms with Gasteiger partial charge in [0, 0.05) is 36.7 Å². The van der Waals surface area contributed by atoms with E-state index in [1.54, 1.807) is 13.2 Å². The number of methoxy groups -OCH3 is 1. The highest BCUT2D eigenvalue weighted by atomic mass is 19.1. The molecule has 2 aromatic rings. The number of amides is 1. The van der Waals surface area contributed by atoms with Gasteiger partial charge in [0.15, 0.2) is 0 Å². The van der Waals surface area contributed by atoms with Crippen molar-refractivity contribution in [3.8, 4) is 16.9 Å². The maximum absolute atomic E-state index is 13.7. The fraction of sp³-hybridized carbons (Fsp3) is 0.350. The van der Waals surface area contributed by atoms with E-state index in [1.165, 1.54) is 12.1 Å². The van der Waals surface area contributed by atoms with Gasteiger partial charge >= 0.3 is 0 Å². The van der Waals surface area contributed by atoms with Crippen LogP contribution in [0.3, 0.4) is 0 Å². The van der Waals surface area contributed by atoms with Crippen molar-refractivity contribution in [2.75, 3.05) is 33.8 Å². The summed E-state index contributed by atoms with van der Waals surface area (Å²) in [4.78, 5) is 14.9. The molecule has 2 aromatic carbocycles. The molecule has 2 aliphatic heterocycles. The lowest BCUT2D eigenvalue weighted by Crippen LogP contribution is -2.29. The minimum atomic E-state index is -0.326. The van der Waals surface area contributed by atoms with E-state index in [4.69, 9.17) is 4.74 Å². The number of nitrogens with zero attached hydrogens (tertiary/aromatic N) is 1. The molecule has 130 valence electrons. The molecule has 2 aliphatic rings. The van der Waals surface area contributed by atoms with Crippen molar-refractivity contribution in [2.45, 2.75) is 5.92 Å². The highest BCUT2D eigenvalue weighted by Crippen LogP contribution is 2.38. The van der Waals surface area contributed by atoms with E-state index < -0.39 is 0 Å². The van der Waals surface area contributed by atoms with Crippen molar-refractivity contribution in [2.24, 2.45) is 5.92 Å². The maximum atomic E-state index is 13.7. The molecule has 0 aliphatic carbocycles. The van der Waals surface area contributed by atoms with E-state index in [2.05, 4.69) is 17.3 Å². The average Bonchev–Trinajstić information content (AvgIpc) is 2.94. The first-order valence-electron chi connectivity index (χ1n) is 8.51. The van der Waals surface area contributed by atoms with Gasteiger partial charge in [-0.05, 0) is 48.4 Å². The second-order valence-electron chi connectivity index (χ2n) is 6.94. The topological polar surface area (TPSA) is 41.6 Å². The minimum absolute atomic E-state index is 0.0516. The van der Waals surface area contributed by atoms with Crippen LogP contribution in [0.15, 0.2) is 36.4 Å². The van der Waals surface area contributed by atoms with Gasteiger partial charge in [-0.1, -0.05) is 12.1 Å². The Balaban J connectivity index is 1.82. The van der Waals surface area contributed by atoms with Gasteiger partial charge in [-0.2, -0.15) is 0 Å². The zero-order valence-corrected chi connectivity index (χ0v) is 14.4. The summed E-state index contributed by atoms with van der Waals surface area (Å²) in [5.41, 5.74) is 3.22. The lowest BCUT2D eigenvalue weighted by molar-refractivity contribution is 0.0951. The van der Waals surface area contributed by atoms with Crippen LogP contribution in [-0.4, -0.2) is 44.6 Å². The predicted octanol–water partition coefficient (Wildman–Crippen LogP) is 2.89. The van der Waals surface area contributed by atoms with Crippen LogP contribution < -0.4 is 10.1 Å². The van der Waals surface area contributed by atoms with Crippen molar-refractivity contribution in [3.63, 3.8) is 0 Å². The maximum Gasteiger partial charge on any atom is 0.251 e. The van der Waals surface area contributed by atoms with Crippen LogP contribution in [-0.2, 0) is 0 Å². The summed E-state index contributed by atoms with van der Waals surface area (Å²) in [7, 11) is 3.67. The number of rotatable bonds is 2. The Hall–Kier alpha value is -2.40. The number of likely N-dealkylation sites (tertiary alicyclic amines) is 1. The predicted molar refractivity (Wildman–Crippen MR) is 94.4 cm³/mol. The quantitative estimate of drug-likeness (QED) is 0.914. The van der Waals surface area contributed by atoms with Gasteiger partial charge in [0.1, 0.15) is 11.6 Å². The normalized spacial score (nSPS) is 22.8. The van der Waals surface area contributed by atoms with Crippen LogP contribution in [0.1, 0.15) is 21.8 Å². The van der Waals surface area contributed by atoms with Crippen molar-refractivity contribution in [1.29, 1.82) is 0 Å². The van der Waals surface area contributed by atoms with Gasteiger partial charge < -0.3 is 15.0 Å². The number of fused-ring (bicyclic) bond motifs is 3. The Bertz CT molecular complexity index is 836. The lowest BCUT2D eigenvalue weighted by Gasteiger charge is -2.17. The summed E-state index contributed by atoms with van der Waals surface area (Å²) >= 11 is 0. The summed E-state index contributed by atoms with van der Waals surface area (Å²) in [6.07, 6.45) is 0. The van der Waals surface area contributed by atoms with E-state index >= 15 is 0 Å². The van der Waals surface area contributed by atoms with E-state index in [0.717, 1.165) is 24.2 Å². The Morgan fingerprint density at radius 2 is 2.00 bits per heavy atom. The summed E-state index contributed by atoms with van der Waals surface area (Å²) in [6, 6.07) is 10.3. The molecule has 1 saturated heterocycles. The van der Waals surface area contributed by atoms with Crippen molar-refractivity contribution >= 4 is 5.91 Å². The molecule has 0 spiro atoms. The molecule has 1 fully saturated rings. The van der Waals surface area contributed by atoms with Crippen LogP contribution in [0.5, 0.6) is 5.75 Å². The zero-order chi connectivity index (χ0) is 17.6. The Labute approximate surface area is 146 Å². The average molecular weight is 340 g/mol. The van der Waals surface area contributed by atoms with Gasteiger partial charge in [-0.25, -0.2) is 4.39 Å². The summed E-state index contributed by atoms with van der Waals surface area (Å²) in [5.74, 6) is 0.998. The lowest BCUT2D eigenvalue weighted by atomic mass is 9.86. The molecular weight excluding hydrogens is 319 g/mol. The Morgan fingerprint density at radius 3 is 2.80 bits per heavy atom. The van der Waals surface area contributed by atoms with Gasteiger partial charge in [0.05, 0.1) is 7.11 Å². The summed E-state index contributed by atoms with van der Waals surface area (Å²) < 4.78 is 19.1. The smallest absolute Gasteiger partial charge is 0.251 e. The van der Waals surface area contributed by atoms with Gasteiger partial charge in [-0.3, -0.25) is 4.79 Å². The zero-order valence-electron chi connectivity index (χ0n) is 14.4. The largest absolute Gasteiger partial charge is 0.496 e. The highest BCUT2D eigenvalue weighted by molar-refractivity contribution is 5.98. The summed E-state index contributed by atoms with van der Waals surface area (Å²) in [5, 5.41) is 3.04. The first kappa shape index (κ1) is 16.1. The molecule has 2 unspecified atom stereocenters. The van der Waals surface area contributed by atoms with Crippen LogP contribution in [0, 0.1) is 11.7 Å². The third-order valence-electron chi connectivity index (χ3n) is 5.32. The molecule has 0 saturated carbocycles. The van der Waals surface area contributed by atoms with E-state index in [9.17, 15) is 9.18 Å². The third-order valence-corrected chi connectivity index (χ3v) is 5.32. The molecule has 4 nitrogen and oxygen atoms in total. The number of halogens is 1. The molecular formula is C20H21FN2O2. The van der Waals surface area contributed by atoms with Gasteiger partial charge in [0.25, 0.3) is 5.91 Å². The van der Waals surface area contributed by atoms with Crippen LogP contribution >= 0.6 is 0 Å². The molecule has 0 aromatic heterocycles. The van der Waals surface area contributed by atoms with E-state index in [-0.39, 0.29) is 11.7 Å². The Morgan fingerprint density at radius 1 is 1.16 bits per heavy atom. The van der Waals surface area contributed by atoms with Crippen LogP contribution in [0.25, 0.3) is 11.1 Å². The fourth-order valence-electron chi connectivity index (χ4n) is 4.11. The van der Waals surface area contributed by atoms with Crippen LogP contribution in [0.4, 0.5) is 4.39 Å². The number of benzene rings is 2. The van der Waals surface area contributed by atoms with Gasteiger partial charge in [0.2, 0.25) is 0 Å². The molecule has 5 heteroatoms. The molecule has 0 radical (unpaired) electrons. The fourth-order valence-corrected chi connectivity index (χ4v) is 4.11. The molecule has 0 bridgehead atoms. The van der Waals surface area contributed by atoms with Gasteiger partial charge in [-0.15, -0.1) is 0 Å². The molecule has 4 rings (SSSR count). The monoisotopic (exact) mass is 340 g/mol. The first-order chi connectivity index (χ1) is 12.1. The summed E-state index contributed by atoms with van der Waals surface area (Å²) in [6.45, 7) is 2.64. The van der Waals surface area contributed by atoms with E-state index in [0.29, 0.717) is 35.3 Å². The number of nitrogens with one attached hydrogen (secondary N) is 1. The second-order valence-corrected chi connectivity index (χ2v) is 6.94. The van der Waals surface area contributed by atoms with Crippen molar-refractivity contribution in [3.05, 3.63) is 53.3 Å². The number of carbonyl (C=O) groups is 1. The first-order valence-corrected chi connectivity index (χ1v) is 8.51. The number of hydrogen-bond acceptors (Lipinski definition) is 3. The van der Waals surface area contributed by atoms with Crippen molar-refractivity contribution in [1.82, 2.24) is 10.2 Å². The van der Waals surface area contributed by atoms with Crippen LogP contribution in [0.2, 0.25) is 0 Å². The second kappa shape index (κ2) is 6.15. The SMILES string of the molecule is COc1ccc(F)cc1-c1ccc2c(c1)C(=O)NCC1CN(C)CC21. The molecule has 25 heavy (non-hydrogen) atoms. The minimum Gasteiger partial charge on any atom is -0.496 e. The number of carbonyl (C=O) groups excluding carboxylic acids is 1. The standard InChI is InChI=1S/C20H21FN2O2/c1-23-10-13-9-22-20(24)17-7-12(3-5-15(17)18(13)11-23)16-8-14(21)4-6-19(16)25-2/h3-8,13,18H,9-11H2,1-2H3,(H,22,24). The number of hydrogen-bond donors (Lipinski definition) is 1. The Kier molecular flexibility index (Phi) is 3.96. The molecule has 1 N–H and O–H groups in total.